The fraction of sp³-hybridized carbons (Fsp3) is 0.0455. The topological polar surface area (TPSA) is 54.3 Å². The van der Waals surface area contributed by atoms with Gasteiger partial charge >= 0.3 is 0 Å². The van der Waals surface area contributed by atoms with Crippen molar-refractivity contribution in [3.8, 4) is 5.69 Å². The van der Waals surface area contributed by atoms with Crippen molar-refractivity contribution in [1.29, 1.82) is 0 Å². The first-order valence-corrected chi connectivity index (χ1v) is 9.16. The fourth-order valence-electron chi connectivity index (χ4n) is 3.12. The van der Waals surface area contributed by atoms with E-state index >= 15 is 0 Å². The average molecular weight is 387 g/mol. The Balaban J connectivity index is 1.70. The summed E-state index contributed by atoms with van der Waals surface area (Å²) in [6.07, 6.45) is 5.34. The molecule has 0 saturated carbocycles. The number of carbonyl (C=O) groups excluding carboxylic acids is 2. The number of nitrogens with one attached hydrogen (secondary N) is 1. The Morgan fingerprint density at radius 3 is 2.43 bits per heavy atom. The first-order chi connectivity index (χ1) is 13.5. The summed E-state index contributed by atoms with van der Waals surface area (Å²) in [5, 5.41) is 2.70. The van der Waals surface area contributed by atoms with Gasteiger partial charge in [-0.2, -0.15) is 0 Å². The first-order valence-electron chi connectivity index (χ1n) is 8.75. The molecule has 2 heterocycles. The third-order valence-corrected chi connectivity index (χ3v) is 4.82. The van der Waals surface area contributed by atoms with E-state index in [2.05, 4.69) is 5.32 Å². The predicted molar refractivity (Wildman–Crippen MR) is 113 cm³/mol. The van der Waals surface area contributed by atoms with Crippen molar-refractivity contribution in [3.05, 3.63) is 89.8 Å². The molecular weight excluding hydrogens is 370 g/mol. The summed E-state index contributed by atoms with van der Waals surface area (Å²) in [5.41, 5.74) is 3.34. The van der Waals surface area contributed by atoms with Crippen molar-refractivity contribution in [2.24, 2.45) is 0 Å². The van der Waals surface area contributed by atoms with Gasteiger partial charge in [-0.05, 0) is 60.6 Å². The normalized spacial score (nSPS) is 15.8. The van der Waals surface area contributed by atoms with Crippen LogP contribution in [0.25, 0.3) is 11.8 Å². The number of carbonyl (C=O) groups is 2. The molecule has 1 N–H and O–H groups in total. The standard InChI is InChI=1S/C22H17N3O2S/c1-15-7-5-6-10-19(15)25-21(27)18(20(26)23-22(25)28)13-16-11-12-24(14-16)17-8-3-2-4-9-17/h2-14H,1H3,(H,23,26,28)/b18-13-. The van der Waals surface area contributed by atoms with Gasteiger partial charge < -0.3 is 4.57 Å². The van der Waals surface area contributed by atoms with E-state index in [-0.39, 0.29) is 10.7 Å². The van der Waals surface area contributed by atoms with Gasteiger partial charge in [0.05, 0.1) is 5.69 Å². The van der Waals surface area contributed by atoms with Crippen LogP contribution < -0.4 is 10.2 Å². The van der Waals surface area contributed by atoms with Crippen LogP contribution in [0.5, 0.6) is 0 Å². The Morgan fingerprint density at radius 2 is 1.68 bits per heavy atom. The molecule has 0 atom stereocenters. The van der Waals surface area contributed by atoms with Gasteiger partial charge in [0.15, 0.2) is 5.11 Å². The van der Waals surface area contributed by atoms with Crippen molar-refractivity contribution in [3.63, 3.8) is 0 Å². The highest BCUT2D eigenvalue weighted by Crippen LogP contribution is 2.25. The van der Waals surface area contributed by atoms with Crippen LogP contribution in [0, 0.1) is 6.92 Å². The third-order valence-electron chi connectivity index (χ3n) is 4.54. The monoisotopic (exact) mass is 387 g/mol. The van der Waals surface area contributed by atoms with Crippen LogP contribution >= 0.6 is 12.2 Å². The molecule has 3 aromatic rings. The molecule has 1 saturated heterocycles. The molecule has 1 aliphatic rings. The van der Waals surface area contributed by atoms with E-state index in [0.717, 1.165) is 16.8 Å². The van der Waals surface area contributed by atoms with Gasteiger partial charge in [0.1, 0.15) is 5.57 Å². The Labute approximate surface area is 167 Å². The number of thiocarbonyl (C=S) groups is 1. The first kappa shape index (κ1) is 17.9. The van der Waals surface area contributed by atoms with E-state index in [9.17, 15) is 9.59 Å². The molecule has 1 aliphatic heterocycles. The van der Waals surface area contributed by atoms with Gasteiger partial charge in [-0.1, -0.05) is 36.4 Å². The Hall–Kier alpha value is -3.51. The maximum Gasteiger partial charge on any atom is 0.270 e. The van der Waals surface area contributed by atoms with Crippen molar-refractivity contribution >= 4 is 40.9 Å². The van der Waals surface area contributed by atoms with E-state index < -0.39 is 11.8 Å². The van der Waals surface area contributed by atoms with Crippen molar-refractivity contribution < 1.29 is 9.59 Å². The second kappa shape index (κ2) is 7.25. The number of para-hydroxylation sites is 2. The summed E-state index contributed by atoms with van der Waals surface area (Å²) < 4.78 is 1.93. The molecule has 0 unspecified atom stereocenters. The van der Waals surface area contributed by atoms with E-state index in [4.69, 9.17) is 12.2 Å². The highest BCUT2D eigenvalue weighted by molar-refractivity contribution is 7.80. The summed E-state index contributed by atoms with van der Waals surface area (Å²) in [7, 11) is 0. The molecule has 0 bridgehead atoms. The lowest BCUT2D eigenvalue weighted by atomic mass is 10.1. The van der Waals surface area contributed by atoms with Gasteiger partial charge in [-0.3, -0.25) is 19.8 Å². The SMILES string of the molecule is Cc1ccccc1N1C(=O)/C(=C\c2ccn(-c3ccccc3)c2)C(=O)NC1=S. The number of nitrogens with zero attached hydrogens (tertiary/aromatic N) is 2. The highest BCUT2D eigenvalue weighted by atomic mass is 32.1. The molecule has 1 fully saturated rings. The van der Waals surface area contributed by atoms with E-state index in [0.29, 0.717) is 5.69 Å². The van der Waals surface area contributed by atoms with E-state index in [1.54, 1.807) is 12.1 Å². The minimum atomic E-state index is -0.493. The van der Waals surface area contributed by atoms with Crippen molar-refractivity contribution in [2.45, 2.75) is 6.92 Å². The van der Waals surface area contributed by atoms with Gasteiger partial charge in [0.25, 0.3) is 11.8 Å². The number of hydrogen-bond acceptors (Lipinski definition) is 3. The molecule has 6 heteroatoms. The number of aryl methyl sites for hydroxylation is 1. The second-order valence-corrected chi connectivity index (χ2v) is 6.82. The zero-order valence-corrected chi connectivity index (χ0v) is 15.9. The van der Waals surface area contributed by atoms with Crippen LogP contribution in [0.3, 0.4) is 0 Å². The van der Waals surface area contributed by atoms with Crippen LogP contribution in [-0.2, 0) is 9.59 Å². The molecule has 0 radical (unpaired) electrons. The lowest BCUT2D eigenvalue weighted by Gasteiger charge is -2.29. The number of rotatable bonds is 3. The van der Waals surface area contributed by atoms with Crippen LogP contribution in [0.1, 0.15) is 11.1 Å². The largest absolute Gasteiger partial charge is 0.323 e. The Bertz CT molecular complexity index is 1120. The van der Waals surface area contributed by atoms with E-state index in [1.807, 2.05) is 78.5 Å². The number of aromatic nitrogens is 1. The Morgan fingerprint density at radius 1 is 0.964 bits per heavy atom. The van der Waals surface area contributed by atoms with Crippen molar-refractivity contribution in [1.82, 2.24) is 9.88 Å². The van der Waals surface area contributed by atoms with Crippen LogP contribution in [0.4, 0.5) is 5.69 Å². The average Bonchev–Trinajstić information content (AvgIpc) is 3.16. The molecule has 0 aliphatic carbocycles. The number of anilines is 1. The molecule has 2 aromatic carbocycles. The van der Waals surface area contributed by atoms with Crippen LogP contribution in [0.2, 0.25) is 0 Å². The number of hydrogen-bond donors (Lipinski definition) is 1. The molecule has 4 rings (SSSR count). The summed E-state index contributed by atoms with van der Waals surface area (Å²) in [4.78, 5) is 26.9. The molecule has 0 spiro atoms. The summed E-state index contributed by atoms with van der Waals surface area (Å²) in [5.74, 6) is -0.928. The summed E-state index contributed by atoms with van der Waals surface area (Å²) in [6.45, 7) is 1.89. The van der Waals surface area contributed by atoms with Gasteiger partial charge in [-0.25, -0.2) is 0 Å². The van der Waals surface area contributed by atoms with Gasteiger partial charge in [-0.15, -0.1) is 0 Å². The summed E-state index contributed by atoms with van der Waals surface area (Å²) in [6, 6.07) is 19.1. The van der Waals surface area contributed by atoms with Gasteiger partial charge in [0.2, 0.25) is 0 Å². The maximum atomic E-state index is 13.1. The molecular formula is C22H17N3O2S. The minimum Gasteiger partial charge on any atom is -0.323 e. The lowest BCUT2D eigenvalue weighted by Crippen LogP contribution is -2.54. The minimum absolute atomic E-state index is 0.0441. The number of amides is 2. The molecule has 1 aromatic heterocycles. The maximum absolute atomic E-state index is 13.1. The zero-order chi connectivity index (χ0) is 19.7. The molecule has 5 nitrogen and oxygen atoms in total. The highest BCUT2D eigenvalue weighted by Gasteiger charge is 2.35. The lowest BCUT2D eigenvalue weighted by molar-refractivity contribution is -0.122. The zero-order valence-electron chi connectivity index (χ0n) is 15.1. The molecule has 28 heavy (non-hydrogen) atoms. The third kappa shape index (κ3) is 3.25. The van der Waals surface area contributed by atoms with Gasteiger partial charge in [0, 0.05) is 18.1 Å². The number of benzene rings is 2. The van der Waals surface area contributed by atoms with E-state index in [1.165, 1.54) is 4.90 Å². The van der Waals surface area contributed by atoms with Crippen molar-refractivity contribution in [2.75, 3.05) is 4.90 Å². The molecule has 138 valence electrons. The fourth-order valence-corrected chi connectivity index (χ4v) is 3.39. The Kier molecular flexibility index (Phi) is 4.63. The predicted octanol–water partition coefficient (Wildman–Crippen LogP) is 3.62. The van der Waals surface area contributed by atoms with Crippen LogP contribution in [-0.4, -0.2) is 21.5 Å². The second-order valence-electron chi connectivity index (χ2n) is 6.43. The smallest absolute Gasteiger partial charge is 0.270 e. The quantitative estimate of drug-likeness (QED) is 0.424. The molecule has 2 amide bonds. The van der Waals surface area contributed by atoms with Crippen LogP contribution in [0.15, 0.2) is 78.6 Å². The summed E-state index contributed by atoms with van der Waals surface area (Å²) >= 11 is 5.25.